The second kappa shape index (κ2) is 8.41. The van der Waals surface area contributed by atoms with Crippen LogP contribution in [0.5, 0.6) is 0 Å². The maximum atomic E-state index is 13.4. The fraction of sp³-hybridized carbons (Fsp3) is 0.217. The SMILES string of the molecule is CCOC(=O)C1=CN(C(=O)NCc2cccc(F)c2)CCc2c1[nH]c1ccccc21. The molecule has 1 aromatic heterocycles. The monoisotopic (exact) mass is 407 g/mol. The van der Waals surface area contributed by atoms with Crippen molar-refractivity contribution >= 4 is 28.5 Å². The molecule has 0 aliphatic carbocycles. The standard InChI is InChI=1S/C23H22FN3O3/c1-2-30-22(28)19-14-27(23(29)25-13-15-6-5-7-16(24)12-15)11-10-18-17-8-3-4-9-20(17)26-21(18)19/h3-9,12,14,26H,2,10-11,13H2,1H3,(H,25,29). The Hall–Kier alpha value is -3.61. The summed E-state index contributed by atoms with van der Waals surface area (Å²) in [5, 5.41) is 3.80. The molecule has 1 aliphatic rings. The van der Waals surface area contributed by atoms with E-state index in [1.807, 2.05) is 24.3 Å². The smallest absolute Gasteiger partial charge is 0.341 e. The van der Waals surface area contributed by atoms with Crippen LogP contribution in [0.15, 0.2) is 54.7 Å². The molecule has 2 aromatic carbocycles. The van der Waals surface area contributed by atoms with Crippen LogP contribution in [0.2, 0.25) is 0 Å². The average molecular weight is 407 g/mol. The molecule has 2 amide bonds. The molecular weight excluding hydrogens is 385 g/mol. The first-order valence-electron chi connectivity index (χ1n) is 9.84. The Kier molecular flexibility index (Phi) is 5.52. The van der Waals surface area contributed by atoms with Gasteiger partial charge < -0.3 is 15.0 Å². The summed E-state index contributed by atoms with van der Waals surface area (Å²) in [5.41, 5.74) is 3.55. The van der Waals surface area contributed by atoms with Crippen molar-refractivity contribution in [3.8, 4) is 0 Å². The predicted molar refractivity (Wildman–Crippen MR) is 112 cm³/mol. The van der Waals surface area contributed by atoms with Crippen molar-refractivity contribution in [2.75, 3.05) is 13.2 Å². The zero-order chi connectivity index (χ0) is 21.1. The number of esters is 1. The van der Waals surface area contributed by atoms with Crippen LogP contribution in [0.1, 0.15) is 23.7 Å². The van der Waals surface area contributed by atoms with Crippen molar-refractivity contribution in [3.63, 3.8) is 0 Å². The number of benzene rings is 2. The van der Waals surface area contributed by atoms with Gasteiger partial charge in [-0.1, -0.05) is 30.3 Å². The van der Waals surface area contributed by atoms with E-state index in [9.17, 15) is 14.0 Å². The number of carbonyl (C=O) groups is 2. The number of nitrogens with zero attached hydrogens (tertiary/aromatic N) is 1. The number of fused-ring (bicyclic) bond motifs is 3. The number of para-hydroxylation sites is 1. The van der Waals surface area contributed by atoms with E-state index < -0.39 is 5.97 Å². The van der Waals surface area contributed by atoms with E-state index >= 15 is 0 Å². The number of nitrogens with one attached hydrogen (secondary N) is 2. The summed E-state index contributed by atoms with van der Waals surface area (Å²) < 4.78 is 18.6. The van der Waals surface area contributed by atoms with E-state index in [0.717, 1.165) is 16.5 Å². The fourth-order valence-electron chi connectivity index (χ4n) is 3.66. The van der Waals surface area contributed by atoms with Crippen molar-refractivity contribution < 1.29 is 18.7 Å². The summed E-state index contributed by atoms with van der Waals surface area (Å²) in [6.45, 7) is 2.55. The van der Waals surface area contributed by atoms with Gasteiger partial charge in [0.25, 0.3) is 0 Å². The summed E-state index contributed by atoms with van der Waals surface area (Å²) >= 11 is 0. The van der Waals surface area contributed by atoms with Crippen LogP contribution in [0.4, 0.5) is 9.18 Å². The summed E-state index contributed by atoms with van der Waals surface area (Å²) in [7, 11) is 0. The third-order valence-corrected chi connectivity index (χ3v) is 5.06. The van der Waals surface area contributed by atoms with Gasteiger partial charge in [-0.25, -0.2) is 14.0 Å². The fourth-order valence-corrected chi connectivity index (χ4v) is 3.66. The van der Waals surface area contributed by atoms with Crippen molar-refractivity contribution in [1.82, 2.24) is 15.2 Å². The molecule has 6 nitrogen and oxygen atoms in total. The number of ether oxygens (including phenoxy) is 1. The van der Waals surface area contributed by atoms with Crippen LogP contribution in [0.25, 0.3) is 16.5 Å². The number of aromatic nitrogens is 1. The highest BCUT2D eigenvalue weighted by molar-refractivity contribution is 6.18. The van der Waals surface area contributed by atoms with Crippen LogP contribution in [-0.2, 0) is 22.5 Å². The lowest BCUT2D eigenvalue weighted by molar-refractivity contribution is -0.136. The summed E-state index contributed by atoms with van der Waals surface area (Å²) in [4.78, 5) is 30.2. The molecule has 30 heavy (non-hydrogen) atoms. The zero-order valence-electron chi connectivity index (χ0n) is 16.6. The number of carbonyl (C=O) groups excluding carboxylic acids is 2. The van der Waals surface area contributed by atoms with Crippen LogP contribution in [-0.4, -0.2) is 35.0 Å². The molecule has 2 N–H and O–H groups in total. The number of aromatic amines is 1. The minimum Gasteiger partial charge on any atom is -0.462 e. The zero-order valence-corrected chi connectivity index (χ0v) is 16.6. The van der Waals surface area contributed by atoms with Gasteiger partial charge in [0.05, 0.1) is 17.9 Å². The highest BCUT2D eigenvalue weighted by Crippen LogP contribution is 2.31. The number of H-pyrrole nitrogens is 1. The van der Waals surface area contributed by atoms with Crippen LogP contribution >= 0.6 is 0 Å². The lowest BCUT2D eigenvalue weighted by atomic mass is 10.0. The van der Waals surface area contributed by atoms with Crippen molar-refractivity contribution in [3.05, 3.63) is 77.4 Å². The average Bonchev–Trinajstić information content (AvgIpc) is 2.99. The summed E-state index contributed by atoms with van der Waals surface area (Å²) in [6.07, 6.45) is 2.10. The Balaban J connectivity index is 1.62. The van der Waals surface area contributed by atoms with E-state index in [0.29, 0.717) is 29.8 Å². The third kappa shape index (κ3) is 3.91. The first-order chi connectivity index (χ1) is 14.6. The number of halogens is 1. The summed E-state index contributed by atoms with van der Waals surface area (Å²) in [5.74, 6) is -0.846. The Morgan fingerprint density at radius 2 is 2.03 bits per heavy atom. The second-order valence-corrected chi connectivity index (χ2v) is 7.02. The molecule has 0 fully saturated rings. The number of urea groups is 1. The van der Waals surface area contributed by atoms with Crippen LogP contribution in [0.3, 0.4) is 0 Å². The molecule has 0 bridgehead atoms. The first-order valence-corrected chi connectivity index (χ1v) is 9.84. The van der Waals surface area contributed by atoms with Gasteiger partial charge in [0.2, 0.25) is 0 Å². The van der Waals surface area contributed by atoms with Gasteiger partial charge in [-0.2, -0.15) is 0 Å². The maximum absolute atomic E-state index is 13.4. The molecular formula is C23H22FN3O3. The molecule has 0 saturated heterocycles. The molecule has 7 heteroatoms. The molecule has 1 aliphatic heterocycles. The molecule has 2 heterocycles. The Morgan fingerprint density at radius 3 is 2.83 bits per heavy atom. The number of rotatable bonds is 4. The van der Waals surface area contributed by atoms with Gasteiger partial charge in [-0.05, 0) is 42.7 Å². The molecule has 0 spiro atoms. The molecule has 0 radical (unpaired) electrons. The molecule has 154 valence electrons. The van der Waals surface area contributed by atoms with E-state index in [1.54, 1.807) is 19.1 Å². The van der Waals surface area contributed by atoms with Crippen molar-refractivity contribution in [2.24, 2.45) is 0 Å². The highest BCUT2D eigenvalue weighted by Gasteiger charge is 2.27. The quantitative estimate of drug-likeness (QED) is 0.643. The Bertz CT molecular complexity index is 1140. The molecule has 0 atom stereocenters. The highest BCUT2D eigenvalue weighted by atomic mass is 19.1. The van der Waals surface area contributed by atoms with Crippen LogP contribution < -0.4 is 5.32 Å². The lowest BCUT2D eigenvalue weighted by Crippen LogP contribution is -2.37. The summed E-state index contributed by atoms with van der Waals surface area (Å²) in [6, 6.07) is 13.5. The van der Waals surface area contributed by atoms with Crippen LogP contribution in [0, 0.1) is 5.82 Å². The topological polar surface area (TPSA) is 74.4 Å². The van der Waals surface area contributed by atoms with Gasteiger partial charge >= 0.3 is 12.0 Å². The third-order valence-electron chi connectivity index (χ3n) is 5.06. The Labute approximate surface area is 173 Å². The first kappa shape index (κ1) is 19.7. The largest absolute Gasteiger partial charge is 0.462 e. The van der Waals surface area contributed by atoms with Gasteiger partial charge in [0, 0.05) is 30.2 Å². The molecule has 0 saturated carbocycles. The number of hydrogen-bond donors (Lipinski definition) is 2. The van der Waals surface area contributed by atoms with E-state index in [4.69, 9.17) is 4.74 Å². The van der Waals surface area contributed by atoms with Gasteiger partial charge in [0.15, 0.2) is 0 Å². The second-order valence-electron chi connectivity index (χ2n) is 7.02. The molecule has 4 rings (SSSR count). The van der Waals surface area contributed by atoms with Gasteiger partial charge in [-0.3, -0.25) is 4.90 Å². The van der Waals surface area contributed by atoms with Crippen molar-refractivity contribution in [1.29, 1.82) is 0 Å². The van der Waals surface area contributed by atoms with E-state index in [2.05, 4.69) is 10.3 Å². The minimum atomic E-state index is -0.491. The lowest BCUT2D eigenvalue weighted by Gasteiger charge is -2.18. The normalized spacial score (nSPS) is 13.4. The molecule has 3 aromatic rings. The van der Waals surface area contributed by atoms with Gasteiger partial charge in [-0.15, -0.1) is 0 Å². The predicted octanol–water partition coefficient (Wildman–Crippen LogP) is 3.98. The number of hydrogen-bond acceptors (Lipinski definition) is 3. The van der Waals surface area contributed by atoms with E-state index in [-0.39, 0.29) is 25.0 Å². The number of amides is 2. The van der Waals surface area contributed by atoms with E-state index in [1.165, 1.54) is 23.2 Å². The maximum Gasteiger partial charge on any atom is 0.341 e. The Morgan fingerprint density at radius 1 is 1.20 bits per heavy atom. The minimum absolute atomic E-state index is 0.184. The van der Waals surface area contributed by atoms with Gasteiger partial charge in [0.1, 0.15) is 5.82 Å². The molecule has 0 unspecified atom stereocenters. The van der Waals surface area contributed by atoms with Crippen molar-refractivity contribution in [2.45, 2.75) is 19.9 Å².